The number of rotatable bonds is 3. The maximum absolute atomic E-state index is 5.70. The third kappa shape index (κ3) is 3.06. The van der Waals surface area contributed by atoms with Gasteiger partial charge in [0.2, 0.25) is 0 Å². The second-order valence-electron chi connectivity index (χ2n) is 4.96. The van der Waals surface area contributed by atoms with Crippen molar-refractivity contribution in [3.63, 3.8) is 0 Å². The molecule has 3 nitrogen and oxygen atoms in total. The van der Waals surface area contributed by atoms with Gasteiger partial charge < -0.3 is 10.6 Å². The molecule has 1 aliphatic rings. The lowest BCUT2D eigenvalue weighted by atomic mass is 10.0. The standard InChI is InChI=1S/C14H23N3/c1-12(17-8-6-16(2)7-9-17)14-5-3-4-13(10-14)11-15/h3-5,10,12H,6-9,11,15H2,1-2H3. The molecule has 3 heteroatoms. The van der Waals surface area contributed by atoms with E-state index in [1.807, 2.05) is 0 Å². The van der Waals surface area contributed by atoms with E-state index >= 15 is 0 Å². The number of piperazine rings is 1. The predicted molar refractivity (Wildman–Crippen MR) is 71.8 cm³/mol. The van der Waals surface area contributed by atoms with Gasteiger partial charge in [0.1, 0.15) is 0 Å². The van der Waals surface area contributed by atoms with Gasteiger partial charge in [-0.3, -0.25) is 4.90 Å². The Morgan fingerprint density at radius 1 is 1.24 bits per heavy atom. The Bertz CT molecular complexity index is 356. The third-order valence-corrected chi connectivity index (χ3v) is 3.75. The molecule has 1 aliphatic heterocycles. The van der Waals surface area contributed by atoms with Gasteiger partial charge >= 0.3 is 0 Å². The lowest BCUT2D eigenvalue weighted by Gasteiger charge is -2.36. The number of nitrogens with zero attached hydrogens (tertiary/aromatic N) is 2. The number of benzene rings is 1. The van der Waals surface area contributed by atoms with E-state index < -0.39 is 0 Å². The quantitative estimate of drug-likeness (QED) is 0.858. The first kappa shape index (κ1) is 12.6. The minimum Gasteiger partial charge on any atom is -0.326 e. The zero-order valence-corrected chi connectivity index (χ0v) is 10.9. The second-order valence-corrected chi connectivity index (χ2v) is 4.96. The average molecular weight is 233 g/mol. The normalized spacial score (nSPS) is 20.4. The van der Waals surface area contributed by atoms with Crippen molar-refractivity contribution in [2.75, 3.05) is 33.2 Å². The van der Waals surface area contributed by atoms with Crippen molar-refractivity contribution in [3.05, 3.63) is 35.4 Å². The largest absolute Gasteiger partial charge is 0.326 e. The predicted octanol–water partition coefficient (Wildman–Crippen LogP) is 1.45. The molecule has 1 atom stereocenters. The van der Waals surface area contributed by atoms with Crippen molar-refractivity contribution in [1.29, 1.82) is 0 Å². The molecular weight excluding hydrogens is 210 g/mol. The van der Waals surface area contributed by atoms with E-state index in [-0.39, 0.29) is 0 Å². The van der Waals surface area contributed by atoms with Gasteiger partial charge in [-0.15, -0.1) is 0 Å². The highest BCUT2D eigenvalue weighted by molar-refractivity contribution is 5.25. The lowest BCUT2D eigenvalue weighted by Crippen LogP contribution is -2.45. The minimum atomic E-state index is 0.496. The highest BCUT2D eigenvalue weighted by atomic mass is 15.3. The summed E-state index contributed by atoms with van der Waals surface area (Å²) >= 11 is 0. The molecule has 0 spiro atoms. The Morgan fingerprint density at radius 3 is 2.59 bits per heavy atom. The Labute approximate surface area is 104 Å². The zero-order chi connectivity index (χ0) is 12.3. The van der Waals surface area contributed by atoms with Crippen LogP contribution in [0.4, 0.5) is 0 Å². The summed E-state index contributed by atoms with van der Waals surface area (Å²) in [6.07, 6.45) is 0. The van der Waals surface area contributed by atoms with Crippen LogP contribution in [0, 0.1) is 0 Å². The van der Waals surface area contributed by atoms with Crippen LogP contribution in [-0.2, 0) is 6.54 Å². The molecule has 0 bridgehead atoms. The molecular formula is C14H23N3. The molecule has 1 heterocycles. The summed E-state index contributed by atoms with van der Waals surface area (Å²) in [4.78, 5) is 4.94. The SMILES string of the molecule is CC(c1cccc(CN)c1)N1CCN(C)CC1. The van der Waals surface area contributed by atoms with Crippen LogP contribution < -0.4 is 5.73 Å². The fourth-order valence-corrected chi connectivity index (χ4v) is 2.40. The van der Waals surface area contributed by atoms with E-state index in [2.05, 4.69) is 48.0 Å². The maximum atomic E-state index is 5.70. The van der Waals surface area contributed by atoms with E-state index in [9.17, 15) is 0 Å². The fourth-order valence-electron chi connectivity index (χ4n) is 2.40. The summed E-state index contributed by atoms with van der Waals surface area (Å²) in [7, 11) is 2.19. The van der Waals surface area contributed by atoms with Crippen LogP contribution in [0.15, 0.2) is 24.3 Å². The van der Waals surface area contributed by atoms with Gasteiger partial charge in [0, 0.05) is 38.8 Å². The van der Waals surface area contributed by atoms with Crippen LogP contribution in [0.3, 0.4) is 0 Å². The van der Waals surface area contributed by atoms with E-state index in [1.165, 1.54) is 24.2 Å². The molecule has 0 aromatic heterocycles. The van der Waals surface area contributed by atoms with E-state index in [4.69, 9.17) is 5.73 Å². The van der Waals surface area contributed by atoms with Crippen LogP contribution >= 0.6 is 0 Å². The zero-order valence-electron chi connectivity index (χ0n) is 10.9. The first-order chi connectivity index (χ1) is 8.20. The smallest absolute Gasteiger partial charge is 0.0321 e. The maximum Gasteiger partial charge on any atom is 0.0321 e. The number of nitrogens with two attached hydrogens (primary N) is 1. The lowest BCUT2D eigenvalue weighted by molar-refractivity contribution is 0.119. The number of hydrogen-bond acceptors (Lipinski definition) is 3. The second kappa shape index (κ2) is 5.63. The molecule has 0 amide bonds. The number of likely N-dealkylation sites (N-methyl/N-ethyl adjacent to an activating group) is 1. The summed E-state index contributed by atoms with van der Waals surface area (Å²) in [6.45, 7) is 7.57. The van der Waals surface area contributed by atoms with Crippen molar-refractivity contribution in [1.82, 2.24) is 9.80 Å². The Hall–Kier alpha value is -0.900. The van der Waals surface area contributed by atoms with Gasteiger partial charge in [-0.05, 0) is 25.1 Å². The molecule has 1 aromatic rings. The summed E-state index contributed by atoms with van der Waals surface area (Å²) < 4.78 is 0. The van der Waals surface area contributed by atoms with Gasteiger partial charge in [-0.25, -0.2) is 0 Å². The van der Waals surface area contributed by atoms with Gasteiger partial charge in [0.25, 0.3) is 0 Å². The average Bonchev–Trinajstić information content (AvgIpc) is 2.39. The topological polar surface area (TPSA) is 32.5 Å². The molecule has 0 aliphatic carbocycles. The number of hydrogen-bond donors (Lipinski definition) is 1. The first-order valence-electron chi connectivity index (χ1n) is 6.42. The van der Waals surface area contributed by atoms with E-state index in [0.29, 0.717) is 12.6 Å². The molecule has 0 saturated carbocycles. The monoisotopic (exact) mass is 233 g/mol. The van der Waals surface area contributed by atoms with Crippen LogP contribution in [0.5, 0.6) is 0 Å². The Morgan fingerprint density at radius 2 is 1.94 bits per heavy atom. The molecule has 1 saturated heterocycles. The van der Waals surface area contributed by atoms with Gasteiger partial charge in [-0.2, -0.15) is 0 Å². The summed E-state index contributed by atoms with van der Waals surface area (Å²) in [5.41, 5.74) is 8.31. The van der Waals surface area contributed by atoms with Crippen molar-refractivity contribution in [2.24, 2.45) is 5.73 Å². The Kier molecular flexibility index (Phi) is 4.15. The molecule has 0 radical (unpaired) electrons. The molecule has 1 unspecified atom stereocenters. The molecule has 1 fully saturated rings. The van der Waals surface area contributed by atoms with Crippen molar-refractivity contribution in [2.45, 2.75) is 19.5 Å². The van der Waals surface area contributed by atoms with Crippen molar-refractivity contribution < 1.29 is 0 Å². The van der Waals surface area contributed by atoms with E-state index in [1.54, 1.807) is 0 Å². The molecule has 1 aromatic carbocycles. The molecule has 94 valence electrons. The highest BCUT2D eigenvalue weighted by Crippen LogP contribution is 2.22. The summed E-state index contributed by atoms with van der Waals surface area (Å²) in [5, 5.41) is 0. The van der Waals surface area contributed by atoms with Gasteiger partial charge in [0.05, 0.1) is 0 Å². The molecule has 17 heavy (non-hydrogen) atoms. The summed E-state index contributed by atoms with van der Waals surface area (Å²) in [5.74, 6) is 0. The van der Waals surface area contributed by atoms with Crippen LogP contribution in [0.1, 0.15) is 24.1 Å². The minimum absolute atomic E-state index is 0.496. The third-order valence-electron chi connectivity index (χ3n) is 3.75. The van der Waals surface area contributed by atoms with Gasteiger partial charge in [0.15, 0.2) is 0 Å². The Balaban J connectivity index is 2.05. The van der Waals surface area contributed by atoms with Gasteiger partial charge in [-0.1, -0.05) is 24.3 Å². The molecule has 2 N–H and O–H groups in total. The highest BCUT2D eigenvalue weighted by Gasteiger charge is 2.20. The summed E-state index contributed by atoms with van der Waals surface area (Å²) in [6, 6.07) is 9.16. The van der Waals surface area contributed by atoms with Crippen LogP contribution in [0.25, 0.3) is 0 Å². The van der Waals surface area contributed by atoms with Crippen molar-refractivity contribution >= 4 is 0 Å². The molecule has 2 rings (SSSR count). The van der Waals surface area contributed by atoms with Crippen molar-refractivity contribution in [3.8, 4) is 0 Å². The first-order valence-corrected chi connectivity index (χ1v) is 6.42. The van der Waals surface area contributed by atoms with Crippen LogP contribution in [-0.4, -0.2) is 43.0 Å². The fraction of sp³-hybridized carbons (Fsp3) is 0.571. The van der Waals surface area contributed by atoms with Crippen LogP contribution in [0.2, 0.25) is 0 Å². The van der Waals surface area contributed by atoms with E-state index in [0.717, 1.165) is 13.1 Å².